The highest BCUT2D eigenvalue weighted by atomic mass is 16.4. The lowest BCUT2D eigenvalue weighted by Gasteiger charge is -2.01. The average molecular weight is 213 g/mol. The molecule has 1 atom stereocenters. The normalized spacial score (nSPS) is 12.4. The molecule has 0 unspecified atom stereocenters. The standard InChI is InChI=1S/C9H11NO5/c1-4-6(8(11)12)2-5(15-4)3-7(10)9(13)14/h2,7H,3,10H2,1H3,(H,11,12)(H,13,14)/t7-/m0/s1. The fraction of sp³-hybridized carbons (Fsp3) is 0.333. The molecule has 1 aromatic rings. The van der Waals surface area contributed by atoms with Crippen LogP contribution < -0.4 is 5.73 Å². The van der Waals surface area contributed by atoms with Crippen molar-refractivity contribution < 1.29 is 24.2 Å². The Labute approximate surface area is 85.3 Å². The number of rotatable bonds is 4. The third kappa shape index (κ3) is 2.57. The van der Waals surface area contributed by atoms with Crippen LogP contribution in [-0.2, 0) is 11.2 Å². The molecule has 82 valence electrons. The first-order valence-electron chi connectivity index (χ1n) is 4.22. The second kappa shape index (κ2) is 4.14. The lowest BCUT2D eigenvalue weighted by molar-refractivity contribution is -0.138. The molecule has 6 heteroatoms. The number of aryl methyl sites for hydroxylation is 1. The number of nitrogens with two attached hydrogens (primary N) is 1. The molecule has 0 aliphatic carbocycles. The van der Waals surface area contributed by atoms with Crippen LogP contribution in [-0.4, -0.2) is 28.2 Å². The van der Waals surface area contributed by atoms with Gasteiger partial charge in [0.05, 0.1) is 0 Å². The average Bonchev–Trinajstić information content (AvgIpc) is 2.46. The Bertz CT molecular complexity index is 395. The van der Waals surface area contributed by atoms with Crippen molar-refractivity contribution >= 4 is 11.9 Å². The molecule has 0 aliphatic rings. The number of carboxylic acids is 2. The molecule has 1 aromatic heterocycles. The quantitative estimate of drug-likeness (QED) is 0.660. The summed E-state index contributed by atoms with van der Waals surface area (Å²) in [6.07, 6.45) is -0.0244. The molecule has 0 aromatic carbocycles. The number of carboxylic acid groups (broad SMARTS) is 2. The Balaban J connectivity index is 2.84. The summed E-state index contributed by atoms with van der Waals surface area (Å²) in [5, 5.41) is 17.3. The Morgan fingerprint density at radius 2 is 2.13 bits per heavy atom. The van der Waals surface area contributed by atoms with E-state index in [1.165, 1.54) is 13.0 Å². The molecule has 0 spiro atoms. The smallest absolute Gasteiger partial charge is 0.339 e. The summed E-state index contributed by atoms with van der Waals surface area (Å²) in [6, 6.07) is 0.206. The summed E-state index contributed by atoms with van der Waals surface area (Å²) in [5.41, 5.74) is 5.31. The number of aromatic carboxylic acids is 1. The van der Waals surface area contributed by atoms with E-state index in [0.717, 1.165) is 0 Å². The molecular weight excluding hydrogens is 202 g/mol. The van der Waals surface area contributed by atoms with Crippen molar-refractivity contribution in [2.45, 2.75) is 19.4 Å². The van der Waals surface area contributed by atoms with E-state index >= 15 is 0 Å². The maximum atomic E-state index is 10.6. The zero-order valence-corrected chi connectivity index (χ0v) is 8.06. The van der Waals surface area contributed by atoms with Gasteiger partial charge < -0.3 is 20.4 Å². The van der Waals surface area contributed by atoms with Gasteiger partial charge in [0, 0.05) is 6.42 Å². The van der Waals surface area contributed by atoms with Crippen molar-refractivity contribution in [3.05, 3.63) is 23.2 Å². The van der Waals surface area contributed by atoms with E-state index in [1.54, 1.807) is 0 Å². The summed E-state index contributed by atoms with van der Waals surface area (Å²) in [6.45, 7) is 1.50. The highest BCUT2D eigenvalue weighted by molar-refractivity contribution is 5.88. The Kier molecular flexibility index (Phi) is 3.11. The van der Waals surface area contributed by atoms with Crippen LogP contribution in [0.3, 0.4) is 0 Å². The highest BCUT2D eigenvalue weighted by Gasteiger charge is 2.18. The van der Waals surface area contributed by atoms with Crippen LogP contribution in [0.5, 0.6) is 0 Å². The second-order valence-corrected chi connectivity index (χ2v) is 3.14. The predicted molar refractivity (Wildman–Crippen MR) is 49.7 cm³/mol. The SMILES string of the molecule is Cc1oc(C[C@H](N)C(=O)O)cc1C(=O)O. The predicted octanol–water partition coefficient (Wildman–Crippen LogP) is 0.241. The van der Waals surface area contributed by atoms with Crippen LogP contribution >= 0.6 is 0 Å². The number of hydrogen-bond acceptors (Lipinski definition) is 4. The fourth-order valence-corrected chi connectivity index (χ4v) is 1.16. The molecule has 0 saturated heterocycles. The maximum absolute atomic E-state index is 10.6. The summed E-state index contributed by atoms with van der Waals surface area (Å²) in [4.78, 5) is 21.1. The van der Waals surface area contributed by atoms with Gasteiger partial charge in [-0.1, -0.05) is 0 Å². The molecule has 0 bridgehead atoms. The molecular formula is C9H11NO5. The van der Waals surface area contributed by atoms with Gasteiger partial charge in [-0.3, -0.25) is 4.79 Å². The van der Waals surface area contributed by atoms with E-state index in [1.807, 2.05) is 0 Å². The van der Waals surface area contributed by atoms with Gasteiger partial charge in [-0.05, 0) is 13.0 Å². The van der Waals surface area contributed by atoms with Crippen LogP contribution in [0.4, 0.5) is 0 Å². The Morgan fingerprint density at radius 1 is 1.53 bits per heavy atom. The second-order valence-electron chi connectivity index (χ2n) is 3.14. The van der Waals surface area contributed by atoms with E-state index in [0.29, 0.717) is 0 Å². The van der Waals surface area contributed by atoms with Gasteiger partial charge in [0.1, 0.15) is 23.1 Å². The fourth-order valence-electron chi connectivity index (χ4n) is 1.16. The summed E-state index contributed by atoms with van der Waals surface area (Å²) >= 11 is 0. The number of carbonyl (C=O) groups is 2. The van der Waals surface area contributed by atoms with Gasteiger partial charge in [-0.25, -0.2) is 4.79 Å². The lowest BCUT2D eigenvalue weighted by Crippen LogP contribution is -2.32. The third-order valence-corrected chi connectivity index (χ3v) is 1.94. The highest BCUT2D eigenvalue weighted by Crippen LogP contribution is 2.15. The van der Waals surface area contributed by atoms with E-state index in [4.69, 9.17) is 20.4 Å². The summed E-state index contributed by atoms with van der Waals surface area (Å²) in [7, 11) is 0. The molecule has 6 nitrogen and oxygen atoms in total. The monoisotopic (exact) mass is 213 g/mol. The number of aliphatic carboxylic acids is 1. The van der Waals surface area contributed by atoms with Crippen molar-refractivity contribution in [2.24, 2.45) is 5.73 Å². The van der Waals surface area contributed by atoms with Crippen LogP contribution in [0.1, 0.15) is 21.9 Å². The Hall–Kier alpha value is -1.82. The van der Waals surface area contributed by atoms with Gasteiger partial charge in [0.15, 0.2) is 0 Å². The van der Waals surface area contributed by atoms with Crippen LogP contribution in [0.25, 0.3) is 0 Å². The molecule has 0 aliphatic heterocycles. The molecule has 0 radical (unpaired) electrons. The van der Waals surface area contributed by atoms with E-state index in [9.17, 15) is 9.59 Å². The topological polar surface area (TPSA) is 114 Å². The molecule has 15 heavy (non-hydrogen) atoms. The first-order chi connectivity index (χ1) is 6.91. The van der Waals surface area contributed by atoms with Crippen LogP contribution in [0, 0.1) is 6.92 Å². The molecule has 4 N–H and O–H groups in total. The summed E-state index contributed by atoms with van der Waals surface area (Å²) in [5.74, 6) is -1.75. The largest absolute Gasteiger partial charge is 0.480 e. The minimum Gasteiger partial charge on any atom is -0.480 e. The van der Waals surface area contributed by atoms with Crippen molar-refractivity contribution in [3.63, 3.8) is 0 Å². The van der Waals surface area contributed by atoms with Gasteiger partial charge in [0.25, 0.3) is 0 Å². The summed E-state index contributed by atoms with van der Waals surface area (Å²) < 4.78 is 5.07. The molecule has 0 amide bonds. The minimum atomic E-state index is -1.15. The first-order valence-corrected chi connectivity index (χ1v) is 4.22. The van der Waals surface area contributed by atoms with Crippen molar-refractivity contribution in [3.8, 4) is 0 Å². The maximum Gasteiger partial charge on any atom is 0.339 e. The van der Waals surface area contributed by atoms with E-state index in [2.05, 4.69) is 0 Å². The zero-order valence-electron chi connectivity index (χ0n) is 8.06. The van der Waals surface area contributed by atoms with Gasteiger partial charge in [-0.15, -0.1) is 0 Å². The number of furan rings is 1. The molecule has 0 fully saturated rings. The van der Waals surface area contributed by atoms with Crippen LogP contribution in [0.15, 0.2) is 10.5 Å². The van der Waals surface area contributed by atoms with Gasteiger partial charge in [-0.2, -0.15) is 0 Å². The van der Waals surface area contributed by atoms with E-state index in [-0.39, 0.29) is 23.5 Å². The third-order valence-electron chi connectivity index (χ3n) is 1.94. The molecule has 0 saturated carbocycles. The molecule has 1 rings (SSSR count). The van der Waals surface area contributed by atoms with Gasteiger partial charge in [0.2, 0.25) is 0 Å². The lowest BCUT2D eigenvalue weighted by atomic mass is 10.1. The van der Waals surface area contributed by atoms with Crippen molar-refractivity contribution in [1.82, 2.24) is 0 Å². The van der Waals surface area contributed by atoms with Crippen molar-refractivity contribution in [2.75, 3.05) is 0 Å². The minimum absolute atomic E-state index is 0.0244. The van der Waals surface area contributed by atoms with Gasteiger partial charge >= 0.3 is 11.9 Å². The zero-order chi connectivity index (χ0) is 11.6. The number of hydrogen-bond donors (Lipinski definition) is 3. The Morgan fingerprint density at radius 3 is 2.53 bits per heavy atom. The molecule has 1 heterocycles. The first kappa shape index (κ1) is 11.3. The van der Waals surface area contributed by atoms with Crippen molar-refractivity contribution in [1.29, 1.82) is 0 Å². The van der Waals surface area contributed by atoms with E-state index < -0.39 is 18.0 Å². The van der Waals surface area contributed by atoms with Crippen LogP contribution in [0.2, 0.25) is 0 Å².